The second-order valence-electron chi connectivity index (χ2n) is 5.04. The van der Waals surface area contributed by atoms with Crippen LogP contribution in [0.5, 0.6) is 0 Å². The van der Waals surface area contributed by atoms with Gasteiger partial charge in [-0.3, -0.25) is 0 Å². The van der Waals surface area contributed by atoms with Gasteiger partial charge in [-0.15, -0.1) is 0 Å². The largest absolute Gasteiger partial charge is 0.0767 e. The second kappa shape index (κ2) is 6.21. The molecule has 0 nitrogen and oxygen atoms in total. The summed E-state index contributed by atoms with van der Waals surface area (Å²) in [7, 11) is 0. The summed E-state index contributed by atoms with van der Waals surface area (Å²) in [4.78, 5) is 0. The van der Waals surface area contributed by atoms with Crippen LogP contribution >= 0.6 is 0 Å². The molecule has 0 bridgehead atoms. The van der Waals surface area contributed by atoms with Crippen molar-refractivity contribution in [2.45, 2.75) is 0 Å². The molecule has 1 aromatic carbocycles. The van der Waals surface area contributed by atoms with E-state index in [9.17, 15) is 0 Å². The molecule has 1 aromatic rings. The maximum absolute atomic E-state index is 2.36. The van der Waals surface area contributed by atoms with E-state index in [-0.39, 0.29) is 0 Å². The SMILES string of the molecule is C1=CC2/C=C/C=C\C=C/C=C\C2C=C1c1ccccc1. The molecule has 20 heavy (non-hydrogen) atoms. The van der Waals surface area contributed by atoms with Gasteiger partial charge < -0.3 is 0 Å². The molecule has 2 aliphatic carbocycles. The van der Waals surface area contributed by atoms with E-state index >= 15 is 0 Å². The summed E-state index contributed by atoms with van der Waals surface area (Å²) in [6.07, 6.45) is 24.0. The van der Waals surface area contributed by atoms with E-state index in [1.807, 2.05) is 0 Å². The Kier molecular flexibility index (Phi) is 3.93. The molecule has 0 spiro atoms. The number of benzene rings is 1. The van der Waals surface area contributed by atoms with Crippen molar-refractivity contribution >= 4 is 5.57 Å². The number of hydrogen-bond donors (Lipinski definition) is 0. The van der Waals surface area contributed by atoms with Crippen molar-refractivity contribution in [2.24, 2.45) is 11.8 Å². The minimum absolute atomic E-state index is 0.419. The van der Waals surface area contributed by atoms with Crippen molar-refractivity contribution in [1.29, 1.82) is 0 Å². The minimum Gasteiger partial charge on any atom is -0.0767 e. The van der Waals surface area contributed by atoms with Gasteiger partial charge in [-0.2, -0.15) is 0 Å². The van der Waals surface area contributed by atoms with Crippen molar-refractivity contribution < 1.29 is 0 Å². The zero-order valence-corrected chi connectivity index (χ0v) is 11.4. The van der Waals surface area contributed by atoms with E-state index in [2.05, 4.69) is 97.2 Å². The molecule has 0 amide bonds. The highest BCUT2D eigenvalue weighted by atomic mass is 14.2. The van der Waals surface area contributed by atoms with Crippen molar-refractivity contribution in [3.05, 3.63) is 103 Å². The molecule has 3 rings (SSSR count). The third-order valence-corrected chi connectivity index (χ3v) is 3.64. The van der Waals surface area contributed by atoms with Crippen LogP contribution in [0.1, 0.15) is 5.56 Å². The monoisotopic (exact) mass is 258 g/mol. The van der Waals surface area contributed by atoms with Crippen LogP contribution in [0.25, 0.3) is 5.57 Å². The average molecular weight is 258 g/mol. The fourth-order valence-corrected chi connectivity index (χ4v) is 2.56. The van der Waals surface area contributed by atoms with Crippen LogP contribution in [-0.2, 0) is 0 Å². The molecule has 0 aromatic heterocycles. The van der Waals surface area contributed by atoms with Crippen LogP contribution in [0.2, 0.25) is 0 Å². The van der Waals surface area contributed by atoms with E-state index in [1.165, 1.54) is 11.1 Å². The van der Waals surface area contributed by atoms with Gasteiger partial charge in [0.1, 0.15) is 0 Å². The predicted octanol–water partition coefficient (Wildman–Crippen LogP) is 5.11. The van der Waals surface area contributed by atoms with Crippen LogP contribution in [0.15, 0.2) is 97.2 Å². The van der Waals surface area contributed by atoms with E-state index in [1.54, 1.807) is 0 Å². The molecule has 2 aliphatic rings. The van der Waals surface area contributed by atoms with Gasteiger partial charge in [0, 0.05) is 11.8 Å². The Morgan fingerprint density at radius 1 is 0.600 bits per heavy atom. The van der Waals surface area contributed by atoms with Gasteiger partial charge in [0.25, 0.3) is 0 Å². The first-order valence-electron chi connectivity index (χ1n) is 7.07. The molecule has 0 heterocycles. The van der Waals surface area contributed by atoms with Crippen LogP contribution < -0.4 is 0 Å². The lowest BCUT2D eigenvalue weighted by atomic mass is 9.83. The van der Waals surface area contributed by atoms with Crippen LogP contribution in [0.4, 0.5) is 0 Å². The molecule has 2 atom stereocenters. The van der Waals surface area contributed by atoms with Crippen LogP contribution in [0, 0.1) is 11.8 Å². The summed E-state index contributed by atoms with van der Waals surface area (Å²) in [6.45, 7) is 0. The summed E-state index contributed by atoms with van der Waals surface area (Å²) in [6, 6.07) is 10.6. The van der Waals surface area contributed by atoms with Crippen molar-refractivity contribution in [1.82, 2.24) is 0 Å². The lowest BCUT2D eigenvalue weighted by Gasteiger charge is -2.21. The fraction of sp³-hybridized carbons (Fsp3) is 0.100. The smallest absolute Gasteiger partial charge is 0.00567 e. The maximum atomic E-state index is 2.36. The first-order valence-corrected chi connectivity index (χ1v) is 7.07. The molecular weight excluding hydrogens is 240 g/mol. The highest BCUT2D eigenvalue weighted by molar-refractivity contribution is 5.75. The molecule has 0 radical (unpaired) electrons. The standard InChI is InChI=1S/C20H18/c1-2-4-7-13-19-16-20(17-10-8-5-9-11-17)15-14-18(19)12-6-3-1/h1-16,18-19H/b3-1-,4-2-,12-6+,13-7-. The van der Waals surface area contributed by atoms with Gasteiger partial charge in [0.2, 0.25) is 0 Å². The van der Waals surface area contributed by atoms with Crippen LogP contribution in [0.3, 0.4) is 0 Å². The Bertz CT molecular complexity index is 621. The van der Waals surface area contributed by atoms with Crippen molar-refractivity contribution in [3.63, 3.8) is 0 Å². The van der Waals surface area contributed by atoms with Gasteiger partial charge in [-0.05, 0) is 11.1 Å². The lowest BCUT2D eigenvalue weighted by Crippen LogP contribution is -2.09. The number of rotatable bonds is 1. The summed E-state index contributed by atoms with van der Waals surface area (Å²) in [5.74, 6) is 0.859. The normalized spacial score (nSPS) is 30.7. The summed E-state index contributed by atoms with van der Waals surface area (Å²) >= 11 is 0. The lowest BCUT2D eigenvalue weighted by molar-refractivity contribution is 0.670. The number of allylic oxidation sites excluding steroid dienone is 12. The van der Waals surface area contributed by atoms with Gasteiger partial charge in [-0.1, -0.05) is 97.2 Å². The molecule has 0 aliphatic heterocycles. The van der Waals surface area contributed by atoms with Crippen molar-refractivity contribution in [2.75, 3.05) is 0 Å². The van der Waals surface area contributed by atoms with Gasteiger partial charge >= 0.3 is 0 Å². The Labute approximate surface area is 120 Å². The first-order chi connectivity index (χ1) is 9.93. The first kappa shape index (κ1) is 12.7. The molecule has 0 N–H and O–H groups in total. The minimum atomic E-state index is 0.419. The summed E-state index contributed by atoms with van der Waals surface area (Å²) < 4.78 is 0. The number of hydrogen-bond acceptors (Lipinski definition) is 0. The van der Waals surface area contributed by atoms with E-state index in [0.717, 1.165) is 0 Å². The molecule has 98 valence electrons. The zero-order chi connectivity index (χ0) is 13.6. The van der Waals surface area contributed by atoms with E-state index in [0.29, 0.717) is 11.8 Å². The average Bonchev–Trinajstić information content (AvgIpc) is 2.52. The zero-order valence-electron chi connectivity index (χ0n) is 11.4. The van der Waals surface area contributed by atoms with Crippen molar-refractivity contribution in [3.8, 4) is 0 Å². The van der Waals surface area contributed by atoms with Gasteiger partial charge in [-0.25, -0.2) is 0 Å². The quantitative estimate of drug-likeness (QED) is 0.656. The summed E-state index contributed by atoms with van der Waals surface area (Å²) in [5.41, 5.74) is 2.59. The Morgan fingerprint density at radius 2 is 1.25 bits per heavy atom. The molecular formula is C20H18. The highest BCUT2D eigenvalue weighted by Crippen LogP contribution is 2.30. The Hall–Kier alpha value is -2.34. The van der Waals surface area contributed by atoms with E-state index in [4.69, 9.17) is 0 Å². The molecule has 0 heteroatoms. The topological polar surface area (TPSA) is 0 Å². The third kappa shape index (κ3) is 2.97. The Morgan fingerprint density at radius 3 is 2.00 bits per heavy atom. The maximum Gasteiger partial charge on any atom is 0.00567 e. The molecule has 0 saturated heterocycles. The predicted molar refractivity (Wildman–Crippen MR) is 87.1 cm³/mol. The van der Waals surface area contributed by atoms with Crippen LogP contribution in [-0.4, -0.2) is 0 Å². The highest BCUT2D eigenvalue weighted by Gasteiger charge is 2.16. The molecule has 2 unspecified atom stereocenters. The fourth-order valence-electron chi connectivity index (χ4n) is 2.56. The third-order valence-electron chi connectivity index (χ3n) is 3.64. The molecule has 0 saturated carbocycles. The molecule has 0 fully saturated rings. The van der Waals surface area contributed by atoms with E-state index < -0.39 is 0 Å². The summed E-state index contributed by atoms with van der Waals surface area (Å²) in [5, 5.41) is 0. The van der Waals surface area contributed by atoms with Gasteiger partial charge in [0.15, 0.2) is 0 Å². The Balaban J connectivity index is 1.92. The second-order valence-corrected chi connectivity index (χ2v) is 5.04. The number of fused-ring (bicyclic) bond motifs is 1. The van der Waals surface area contributed by atoms with Gasteiger partial charge in [0.05, 0.1) is 0 Å².